The van der Waals surface area contributed by atoms with Gasteiger partial charge in [-0.2, -0.15) is 0 Å². The van der Waals surface area contributed by atoms with E-state index >= 15 is 0 Å². The largest absolute Gasteiger partial charge is 0.465 e. The molecule has 0 aliphatic carbocycles. The SMILES string of the molecule is O=C(O)N1CCCCC1c1cc2cccnc2[nH]1. The molecule has 18 heavy (non-hydrogen) atoms. The standard InChI is InChI=1S/C13H15N3O2/c17-13(18)16-7-2-1-5-11(16)10-8-9-4-3-6-14-12(9)15-10/h3-4,6,8,11H,1-2,5,7H2,(H,14,15)(H,17,18). The highest BCUT2D eigenvalue weighted by Gasteiger charge is 2.28. The Morgan fingerprint density at radius 3 is 3.17 bits per heavy atom. The van der Waals surface area contributed by atoms with Crippen molar-refractivity contribution in [2.24, 2.45) is 0 Å². The molecule has 0 bridgehead atoms. The number of hydrogen-bond acceptors (Lipinski definition) is 2. The number of likely N-dealkylation sites (tertiary alicyclic amines) is 1. The van der Waals surface area contributed by atoms with E-state index in [4.69, 9.17) is 0 Å². The number of aromatic amines is 1. The molecular weight excluding hydrogens is 230 g/mol. The number of nitrogens with one attached hydrogen (secondary N) is 1. The van der Waals surface area contributed by atoms with Crippen LogP contribution in [0.25, 0.3) is 11.0 Å². The maximum atomic E-state index is 11.2. The van der Waals surface area contributed by atoms with Crippen molar-refractivity contribution in [2.45, 2.75) is 25.3 Å². The summed E-state index contributed by atoms with van der Waals surface area (Å²) in [5.41, 5.74) is 1.77. The van der Waals surface area contributed by atoms with Crippen LogP contribution in [0.1, 0.15) is 31.0 Å². The predicted octanol–water partition coefficient (Wildman–Crippen LogP) is 2.77. The fourth-order valence-electron chi connectivity index (χ4n) is 2.64. The number of amides is 1. The Morgan fingerprint density at radius 1 is 1.50 bits per heavy atom. The van der Waals surface area contributed by atoms with Gasteiger partial charge in [-0.05, 0) is 37.5 Å². The Kier molecular flexibility index (Phi) is 2.66. The van der Waals surface area contributed by atoms with Gasteiger partial charge in [0.05, 0.1) is 6.04 Å². The van der Waals surface area contributed by atoms with Gasteiger partial charge in [0.2, 0.25) is 0 Å². The molecule has 2 aromatic heterocycles. The lowest BCUT2D eigenvalue weighted by atomic mass is 10.00. The van der Waals surface area contributed by atoms with Crippen LogP contribution in [-0.2, 0) is 0 Å². The molecule has 1 atom stereocenters. The van der Waals surface area contributed by atoms with E-state index in [1.165, 1.54) is 4.90 Å². The summed E-state index contributed by atoms with van der Waals surface area (Å²) in [4.78, 5) is 20.3. The molecule has 5 nitrogen and oxygen atoms in total. The normalized spacial score (nSPS) is 20.2. The van der Waals surface area contributed by atoms with Crippen LogP contribution in [-0.4, -0.2) is 32.6 Å². The number of hydrogen-bond donors (Lipinski definition) is 2. The van der Waals surface area contributed by atoms with Crippen molar-refractivity contribution in [3.05, 3.63) is 30.1 Å². The molecule has 3 rings (SSSR count). The number of H-pyrrole nitrogens is 1. The predicted molar refractivity (Wildman–Crippen MR) is 67.4 cm³/mol. The lowest BCUT2D eigenvalue weighted by Gasteiger charge is -2.32. The maximum Gasteiger partial charge on any atom is 0.407 e. The summed E-state index contributed by atoms with van der Waals surface area (Å²) in [7, 11) is 0. The highest BCUT2D eigenvalue weighted by atomic mass is 16.4. The second-order valence-corrected chi connectivity index (χ2v) is 4.65. The lowest BCUT2D eigenvalue weighted by Crippen LogP contribution is -2.37. The molecule has 1 fully saturated rings. The summed E-state index contributed by atoms with van der Waals surface area (Å²) in [6.07, 6.45) is 3.78. The molecule has 5 heteroatoms. The Labute approximate surface area is 104 Å². The van der Waals surface area contributed by atoms with Gasteiger partial charge in [-0.15, -0.1) is 0 Å². The third-order valence-corrected chi connectivity index (χ3v) is 3.52. The van der Waals surface area contributed by atoms with Crippen molar-refractivity contribution in [2.75, 3.05) is 6.54 Å². The van der Waals surface area contributed by atoms with E-state index in [9.17, 15) is 9.90 Å². The van der Waals surface area contributed by atoms with Gasteiger partial charge in [0.1, 0.15) is 5.65 Å². The average molecular weight is 245 g/mol. The average Bonchev–Trinajstić information content (AvgIpc) is 2.82. The number of pyridine rings is 1. The fourth-order valence-corrected chi connectivity index (χ4v) is 2.64. The van der Waals surface area contributed by atoms with E-state index in [0.29, 0.717) is 6.54 Å². The molecule has 2 N–H and O–H groups in total. The second kappa shape index (κ2) is 4.33. The molecule has 1 amide bonds. The summed E-state index contributed by atoms with van der Waals surface area (Å²) in [5, 5.41) is 10.3. The number of fused-ring (bicyclic) bond motifs is 1. The van der Waals surface area contributed by atoms with Crippen LogP contribution in [0.15, 0.2) is 24.4 Å². The molecule has 1 unspecified atom stereocenters. The quantitative estimate of drug-likeness (QED) is 0.811. The Balaban J connectivity index is 1.98. The zero-order valence-corrected chi connectivity index (χ0v) is 9.97. The smallest absolute Gasteiger partial charge is 0.407 e. The Morgan fingerprint density at radius 2 is 2.39 bits per heavy atom. The van der Waals surface area contributed by atoms with Crippen molar-refractivity contribution < 1.29 is 9.90 Å². The molecule has 0 radical (unpaired) electrons. The van der Waals surface area contributed by atoms with Gasteiger partial charge in [-0.1, -0.05) is 0 Å². The molecule has 1 saturated heterocycles. The molecule has 2 aromatic rings. The van der Waals surface area contributed by atoms with Gasteiger partial charge in [0.15, 0.2) is 0 Å². The molecule has 1 aliphatic heterocycles. The number of carbonyl (C=O) groups is 1. The maximum absolute atomic E-state index is 11.2. The van der Waals surface area contributed by atoms with Crippen LogP contribution < -0.4 is 0 Å². The molecular formula is C13H15N3O2. The Bertz CT molecular complexity index is 545. The summed E-state index contributed by atoms with van der Waals surface area (Å²) in [6, 6.07) is 5.81. The second-order valence-electron chi connectivity index (χ2n) is 4.65. The lowest BCUT2D eigenvalue weighted by molar-refractivity contribution is 0.105. The van der Waals surface area contributed by atoms with Gasteiger partial charge < -0.3 is 10.1 Å². The third-order valence-electron chi connectivity index (χ3n) is 3.52. The van der Waals surface area contributed by atoms with Crippen molar-refractivity contribution >= 4 is 17.1 Å². The van der Waals surface area contributed by atoms with Crippen molar-refractivity contribution in [3.63, 3.8) is 0 Å². The van der Waals surface area contributed by atoms with Crippen LogP contribution in [0.4, 0.5) is 4.79 Å². The number of piperidine rings is 1. The van der Waals surface area contributed by atoms with Crippen LogP contribution in [0.2, 0.25) is 0 Å². The number of rotatable bonds is 1. The van der Waals surface area contributed by atoms with Crippen LogP contribution in [0, 0.1) is 0 Å². The van der Waals surface area contributed by atoms with Gasteiger partial charge in [0.25, 0.3) is 0 Å². The highest BCUT2D eigenvalue weighted by Crippen LogP contribution is 2.31. The molecule has 0 spiro atoms. The molecule has 94 valence electrons. The van der Waals surface area contributed by atoms with Crippen LogP contribution in [0.3, 0.4) is 0 Å². The van der Waals surface area contributed by atoms with Gasteiger partial charge in [-0.25, -0.2) is 9.78 Å². The summed E-state index contributed by atoms with van der Waals surface area (Å²) in [6.45, 7) is 0.614. The molecule has 3 heterocycles. The van der Waals surface area contributed by atoms with E-state index in [1.807, 2.05) is 18.2 Å². The minimum Gasteiger partial charge on any atom is -0.465 e. The number of aromatic nitrogens is 2. The zero-order valence-electron chi connectivity index (χ0n) is 9.97. The summed E-state index contributed by atoms with van der Waals surface area (Å²) in [5.74, 6) is 0. The van der Waals surface area contributed by atoms with E-state index in [0.717, 1.165) is 36.0 Å². The summed E-state index contributed by atoms with van der Waals surface area (Å²) >= 11 is 0. The molecule has 1 aliphatic rings. The van der Waals surface area contributed by atoms with Crippen molar-refractivity contribution in [1.82, 2.24) is 14.9 Å². The number of nitrogens with zero attached hydrogens (tertiary/aromatic N) is 2. The first-order chi connectivity index (χ1) is 8.75. The van der Waals surface area contributed by atoms with Crippen LogP contribution in [0.5, 0.6) is 0 Å². The van der Waals surface area contributed by atoms with Gasteiger partial charge in [0, 0.05) is 23.8 Å². The Hall–Kier alpha value is -2.04. The highest BCUT2D eigenvalue weighted by molar-refractivity contribution is 5.76. The summed E-state index contributed by atoms with van der Waals surface area (Å²) < 4.78 is 0. The van der Waals surface area contributed by atoms with Crippen molar-refractivity contribution in [1.29, 1.82) is 0 Å². The number of carboxylic acid groups (broad SMARTS) is 1. The van der Waals surface area contributed by atoms with Crippen molar-refractivity contribution in [3.8, 4) is 0 Å². The van der Waals surface area contributed by atoms with E-state index in [2.05, 4.69) is 9.97 Å². The first-order valence-electron chi connectivity index (χ1n) is 6.19. The minimum atomic E-state index is -0.841. The zero-order chi connectivity index (χ0) is 12.5. The van der Waals surface area contributed by atoms with Crippen LogP contribution >= 0.6 is 0 Å². The van der Waals surface area contributed by atoms with E-state index in [1.54, 1.807) is 6.20 Å². The monoisotopic (exact) mass is 245 g/mol. The first-order valence-corrected chi connectivity index (χ1v) is 6.19. The fraction of sp³-hybridized carbons (Fsp3) is 0.385. The van der Waals surface area contributed by atoms with E-state index < -0.39 is 6.09 Å². The topological polar surface area (TPSA) is 69.2 Å². The minimum absolute atomic E-state index is 0.0644. The van der Waals surface area contributed by atoms with E-state index in [-0.39, 0.29) is 6.04 Å². The molecule has 0 aromatic carbocycles. The third kappa shape index (κ3) is 1.81. The molecule has 0 saturated carbocycles. The van der Waals surface area contributed by atoms with Gasteiger partial charge in [-0.3, -0.25) is 4.90 Å². The van der Waals surface area contributed by atoms with Gasteiger partial charge >= 0.3 is 6.09 Å². The first kappa shape index (κ1) is 11.1.